The summed E-state index contributed by atoms with van der Waals surface area (Å²) in [5.74, 6) is 1.16. The van der Waals surface area contributed by atoms with Crippen LogP contribution in [-0.2, 0) is 17.8 Å². The number of aryl methyl sites for hydroxylation is 1. The minimum Gasteiger partial charge on any atom is -0.493 e. The second-order valence-corrected chi connectivity index (χ2v) is 8.99. The predicted octanol–water partition coefficient (Wildman–Crippen LogP) is 4.15. The van der Waals surface area contributed by atoms with E-state index in [0.29, 0.717) is 34.7 Å². The van der Waals surface area contributed by atoms with Gasteiger partial charge in [-0.05, 0) is 36.6 Å². The Labute approximate surface area is 202 Å². The van der Waals surface area contributed by atoms with Crippen LogP contribution in [0.2, 0.25) is 0 Å². The summed E-state index contributed by atoms with van der Waals surface area (Å²) < 4.78 is 12.0. The van der Waals surface area contributed by atoms with E-state index in [1.165, 1.54) is 22.2 Å². The van der Waals surface area contributed by atoms with Crippen molar-refractivity contribution in [2.45, 2.75) is 19.9 Å². The van der Waals surface area contributed by atoms with Crippen LogP contribution in [0.25, 0.3) is 21.3 Å². The summed E-state index contributed by atoms with van der Waals surface area (Å²) in [5.41, 5.74) is 3.79. The van der Waals surface area contributed by atoms with Gasteiger partial charge in [-0.2, -0.15) is 0 Å². The van der Waals surface area contributed by atoms with Crippen LogP contribution < -0.4 is 15.0 Å². The Morgan fingerprint density at radius 3 is 2.53 bits per heavy atom. The van der Waals surface area contributed by atoms with Crippen molar-refractivity contribution in [2.75, 3.05) is 27.8 Å². The Morgan fingerprint density at radius 1 is 1.09 bits per heavy atom. The molecule has 2 heterocycles. The highest BCUT2D eigenvalue weighted by Gasteiger charge is 2.16. The van der Waals surface area contributed by atoms with E-state index in [4.69, 9.17) is 9.47 Å². The molecule has 8 heteroatoms. The molecule has 0 radical (unpaired) electrons. The average Bonchev–Trinajstić information content (AvgIpc) is 3.29. The highest BCUT2D eigenvalue weighted by Crippen LogP contribution is 2.31. The number of carbonyl (C=O) groups is 1. The van der Waals surface area contributed by atoms with E-state index in [0.717, 1.165) is 22.3 Å². The standard InChI is InChI=1S/C26H27N3O4S/c1-17-5-8-19(9-6-17)20-15-34-25-24(20)26(31)29(16-27-25)14-23(30)28(2)12-11-18-7-10-21(32-3)22(13-18)33-4/h5-10,13,15-16H,11-12,14H2,1-4H3. The molecule has 4 aromatic rings. The maximum absolute atomic E-state index is 13.3. The van der Waals surface area contributed by atoms with Crippen molar-refractivity contribution < 1.29 is 14.3 Å². The molecule has 176 valence electrons. The van der Waals surface area contributed by atoms with Gasteiger partial charge in [-0.1, -0.05) is 35.9 Å². The summed E-state index contributed by atoms with van der Waals surface area (Å²) in [6.45, 7) is 2.47. The third-order valence-electron chi connectivity index (χ3n) is 5.84. The fourth-order valence-electron chi connectivity index (χ4n) is 3.75. The van der Waals surface area contributed by atoms with Gasteiger partial charge in [-0.25, -0.2) is 4.98 Å². The zero-order valence-electron chi connectivity index (χ0n) is 19.7. The first-order chi connectivity index (χ1) is 16.4. The van der Waals surface area contributed by atoms with Crippen molar-refractivity contribution in [1.82, 2.24) is 14.5 Å². The molecule has 0 fully saturated rings. The Kier molecular flexibility index (Phi) is 6.98. The molecule has 0 saturated carbocycles. The number of hydrogen-bond acceptors (Lipinski definition) is 6. The fraction of sp³-hybridized carbons (Fsp3) is 0.269. The van der Waals surface area contributed by atoms with Gasteiger partial charge in [0.25, 0.3) is 5.56 Å². The Bertz CT molecular complexity index is 1380. The Morgan fingerprint density at radius 2 is 1.82 bits per heavy atom. The number of thiophene rings is 1. The second-order valence-electron chi connectivity index (χ2n) is 8.13. The quantitative estimate of drug-likeness (QED) is 0.381. The van der Waals surface area contributed by atoms with E-state index in [9.17, 15) is 9.59 Å². The molecular weight excluding hydrogens is 450 g/mol. The van der Waals surface area contributed by atoms with E-state index in [1.807, 2.05) is 54.8 Å². The predicted molar refractivity (Wildman–Crippen MR) is 135 cm³/mol. The molecule has 0 aliphatic heterocycles. The molecule has 0 N–H and O–H groups in total. The van der Waals surface area contributed by atoms with Gasteiger partial charge in [-0.3, -0.25) is 14.2 Å². The number of amides is 1. The van der Waals surface area contributed by atoms with Crippen molar-refractivity contribution in [2.24, 2.45) is 0 Å². The summed E-state index contributed by atoms with van der Waals surface area (Å²) in [6.07, 6.45) is 2.11. The molecular formula is C26H27N3O4S. The van der Waals surface area contributed by atoms with Crippen LogP contribution in [0.4, 0.5) is 0 Å². The SMILES string of the molecule is COc1ccc(CCN(C)C(=O)Cn2cnc3scc(-c4ccc(C)cc4)c3c2=O)cc1OC. The van der Waals surface area contributed by atoms with Crippen molar-refractivity contribution in [1.29, 1.82) is 0 Å². The number of fused-ring (bicyclic) bond motifs is 1. The summed E-state index contributed by atoms with van der Waals surface area (Å²) in [6, 6.07) is 13.7. The Hall–Kier alpha value is -3.65. The molecule has 0 unspecified atom stereocenters. The van der Waals surface area contributed by atoms with Crippen molar-refractivity contribution in [3.8, 4) is 22.6 Å². The highest BCUT2D eigenvalue weighted by atomic mass is 32.1. The number of benzene rings is 2. The Balaban J connectivity index is 1.49. The smallest absolute Gasteiger partial charge is 0.263 e. The number of likely N-dealkylation sites (N-methyl/N-ethyl adjacent to an activating group) is 1. The largest absolute Gasteiger partial charge is 0.493 e. The van der Waals surface area contributed by atoms with E-state index < -0.39 is 0 Å². The monoisotopic (exact) mass is 477 g/mol. The van der Waals surface area contributed by atoms with Gasteiger partial charge in [0.15, 0.2) is 11.5 Å². The van der Waals surface area contributed by atoms with Crippen LogP contribution in [-0.4, -0.2) is 48.2 Å². The number of carbonyl (C=O) groups excluding carboxylic acids is 1. The summed E-state index contributed by atoms with van der Waals surface area (Å²) in [7, 11) is 4.93. The van der Waals surface area contributed by atoms with Crippen LogP contribution >= 0.6 is 11.3 Å². The highest BCUT2D eigenvalue weighted by molar-refractivity contribution is 7.17. The molecule has 2 aromatic heterocycles. The number of hydrogen-bond donors (Lipinski definition) is 0. The summed E-state index contributed by atoms with van der Waals surface area (Å²) in [5, 5.41) is 2.50. The lowest BCUT2D eigenvalue weighted by molar-refractivity contribution is -0.130. The molecule has 0 spiro atoms. The van der Waals surface area contributed by atoms with Crippen molar-refractivity contribution in [3.63, 3.8) is 0 Å². The molecule has 2 aromatic carbocycles. The van der Waals surface area contributed by atoms with E-state index in [2.05, 4.69) is 4.98 Å². The van der Waals surface area contributed by atoms with E-state index in [1.54, 1.807) is 26.2 Å². The normalized spacial score (nSPS) is 10.9. The van der Waals surface area contributed by atoms with Crippen LogP contribution in [0.3, 0.4) is 0 Å². The molecule has 1 amide bonds. The lowest BCUT2D eigenvalue weighted by Gasteiger charge is -2.18. The number of nitrogens with zero attached hydrogens (tertiary/aromatic N) is 3. The van der Waals surface area contributed by atoms with Gasteiger partial charge in [0.05, 0.1) is 25.9 Å². The third kappa shape index (κ3) is 4.82. The zero-order chi connectivity index (χ0) is 24.2. The molecule has 0 aliphatic carbocycles. The molecule has 7 nitrogen and oxygen atoms in total. The van der Waals surface area contributed by atoms with Gasteiger partial charge < -0.3 is 14.4 Å². The number of methoxy groups -OCH3 is 2. The first-order valence-corrected chi connectivity index (χ1v) is 11.8. The molecule has 0 bridgehead atoms. The van der Waals surface area contributed by atoms with Gasteiger partial charge >= 0.3 is 0 Å². The van der Waals surface area contributed by atoms with Crippen LogP contribution in [0.1, 0.15) is 11.1 Å². The average molecular weight is 478 g/mol. The number of rotatable bonds is 8. The van der Waals surface area contributed by atoms with Gasteiger partial charge in [-0.15, -0.1) is 11.3 Å². The minimum absolute atomic E-state index is 0.0621. The maximum Gasteiger partial charge on any atom is 0.263 e. The van der Waals surface area contributed by atoms with E-state index in [-0.39, 0.29) is 18.0 Å². The van der Waals surface area contributed by atoms with Gasteiger partial charge in [0.2, 0.25) is 5.91 Å². The summed E-state index contributed by atoms with van der Waals surface area (Å²) in [4.78, 5) is 32.9. The topological polar surface area (TPSA) is 73.7 Å². The van der Waals surface area contributed by atoms with Crippen molar-refractivity contribution >= 4 is 27.5 Å². The number of aromatic nitrogens is 2. The van der Waals surface area contributed by atoms with Gasteiger partial charge in [0, 0.05) is 24.5 Å². The zero-order valence-corrected chi connectivity index (χ0v) is 20.5. The lowest BCUT2D eigenvalue weighted by Crippen LogP contribution is -2.35. The first-order valence-electron chi connectivity index (χ1n) is 10.9. The van der Waals surface area contributed by atoms with Gasteiger partial charge in [0.1, 0.15) is 11.4 Å². The minimum atomic E-state index is -0.205. The summed E-state index contributed by atoms with van der Waals surface area (Å²) >= 11 is 1.43. The van der Waals surface area contributed by atoms with Crippen LogP contribution in [0, 0.1) is 6.92 Å². The molecule has 0 atom stereocenters. The third-order valence-corrected chi connectivity index (χ3v) is 6.72. The first kappa shape index (κ1) is 23.5. The maximum atomic E-state index is 13.3. The van der Waals surface area contributed by atoms with Crippen LogP contribution in [0.15, 0.2) is 59.0 Å². The molecule has 34 heavy (non-hydrogen) atoms. The van der Waals surface area contributed by atoms with Crippen LogP contribution in [0.5, 0.6) is 11.5 Å². The molecule has 0 aliphatic rings. The van der Waals surface area contributed by atoms with Crippen molar-refractivity contribution in [3.05, 3.63) is 75.7 Å². The lowest BCUT2D eigenvalue weighted by atomic mass is 10.1. The molecule has 0 saturated heterocycles. The number of ether oxygens (including phenoxy) is 2. The molecule has 4 rings (SSSR count). The van der Waals surface area contributed by atoms with E-state index >= 15 is 0 Å². The fourth-order valence-corrected chi connectivity index (χ4v) is 4.66. The second kappa shape index (κ2) is 10.1.